The molecule has 1 aliphatic carbocycles. The van der Waals surface area contributed by atoms with E-state index in [-0.39, 0.29) is 0 Å². The monoisotopic (exact) mass is 224 g/mol. The number of nitrogens with one attached hydrogen (secondary N) is 1. The first-order valence-corrected chi connectivity index (χ1v) is 7.20. The lowest BCUT2D eigenvalue weighted by Gasteiger charge is -2.36. The van der Waals surface area contributed by atoms with E-state index in [1.54, 1.807) is 0 Å². The van der Waals surface area contributed by atoms with Crippen molar-refractivity contribution in [3.05, 3.63) is 0 Å². The summed E-state index contributed by atoms with van der Waals surface area (Å²) >= 11 is 0. The second-order valence-corrected chi connectivity index (χ2v) is 6.02. The quantitative estimate of drug-likeness (QED) is 0.792. The summed E-state index contributed by atoms with van der Waals surface area (Å²) in [4.78, 5) is 2.68. The lowest BCUT2D eigenvalue weighted by atomic mass is 9.81. The first-order valence-electron chi connectivity index (χ1n) is 7.20. The molecule has 1 aliphatic heterocycles. The summed E-state index contributed by atoms with van der Waals surface area (Å²) in [6.07, 6.45) is 7.36. The highest BCUT2D eigenvalue weighted by atomic mass is 15.2. The van der Waals surface area contributed by atoms with Crippen molar-refractivity contribution in [2.75, 3.05) is 26.2 Å². The van der Waals surface area contributed by atoms with Gasteiger partial charge in [0.1, 0.15) is 0 Å². The summed E-state index contributed by atoms with van der Waals surface area (Å²) < 4.78 is 0. The van der Waals surface area contributed by atoms with Crippen molar-refractivity contribution in [3.8, 4) is 0 Å². The van der Waals surface area contributed by atoms with Crippen LogP contribution in [0.15, 0.2) is 0 Å². The number of hydrogen-bond donors (Lipinski definition) is 1. The molecule has 94 valence electrons. The van der Waals surface area contributed by atoms with Crippen LogP contribution in [-0.2, 0) is 0 Å². The van der Waals surface area contributed by atoms with E-state index >= 15 is 0 Å². The smallest absolute Gasteiger partial charge is 0.0192 e. The predicted molar refractivity (Wildman–Crippen MR) is 69.6 cm³/mol. The van der Waals surface area contributed by atoms with Gasteiger partial charge in [0.25, 0.3) is 0 Å². The van der Waals surface area contributed by atoms with Gasteiger partial charge in [-0.25, -0.2) is 0 Å². The van der Waals surface area contributed by atoms with E-state index in [9.17, 15) is 0 Å². The van der Waals surface area contributed by atoms with Crippen molar-refractivity contribution >= 4 is 0 Å². The molecule has 2 heteroatoms. The Morgan fingerprint density at radius 2 is 2.12 bits per heavy atom. The Bertz CT molecular complexity index is 205. The van der Waals surface area contributed by atoms with Crippen LogP contribution in [0.4, 0.5) is 0 Å². The Kier molecular flexibility index (Phi) is 4.66. The maximum Gasteiger partial charge on any atom is 0.0192 e. The van der Waals surface area contributed by atoms with E-state index in [0.717, 1.165) is 17.9 Å². The predicted octanol–water partition coefficient (Wildman–Crippen LogP) is 2.50. The molecule has 0 aromatic heterocycles. The van der Waals surface area contributed by atoms with Crippen LogP contribution in [0.1, 0.15) is 46.0 Å². The SMILES string of the molecule is CC1CCCC(CCN2CCNC[C@@H]2C)C1. The molecular formula is C14H28N2. The average Bonchev–Trinajstić information content (AvgIpc) is 2.28. The van der Waals surface area contributed by atoms with Crippen LogP contribution in [0, 0.1) is 11.8 Å². The maximum atomic E-state index is 3.47. The van der Waals surface area contributed by atoms with Gasteiger partial charge in [0, 0.05) is 25.7 Å². The number of piperazine rings is 1. The molecule has 1 saturated heterocycles. The minimum atomic E-state index is 0.745. The molecule has 1 N–H and O–H groups in total. The molecule has 2 rings (SSSR count). The molecular weight excluding hydrogens is 196 g/mol. The molecule has 0 aromatic rings. The molecule has 0 bridgehead atoms. The third-order valence-electron chi connectivity index (χ3n) is 4.51. The van der Waals surface area contributed by atoms with Crippen molar-refractivity contribution in [3.63, 3.8) is 0 Å². The average molecular weight is 224 g/mol. The largest absolute Gasteiger partial charge is 0.314 e. The van der Waals surface area contributed by atoms with Gasteiger partial charge in [-0.15, -0.1) is 0 Å². The molecule has 0 amide bonds. The summed E-state index contributed by atoms with van der Waals surface area (Å²) in [5.41, 5.74) is 0. The van der Waals surface area contributed by atoms with E-state index in [1.165, 1.54) is 58.3 Å². The maximum absolute atomic E-state index is 3.47. The van der Waals surface area contributed by atoms with Crippen molar-refractivity contribution in [1.82, 2.24) is 10.2 Å². The van der Waals surface area contributed by atoms with Crippen molar-refractivity contribution in [1.29, 1.82) is 0 Å². The number of hydrogen-bond acceptors (Lipinski definition) is 2. The molecule has 16 heavy (non-hydrogen) atoms. The first kappa shape index (κ1) is 12.4. The van der Waals surface area contributed by atoms with Gasteiger partial charge in [0.2, 0.25) is 0 Å². The highest BCUT2D eigenvalue weighted by Crippen LogP contribution is 2.30. The van der Waals surface area contributed by atoms with Gasteiger partial charge < -0.3 is 5.32 Å². The Morgan fingerprint density at radius 3 is 2.88 bits per heavy atom. The van der Waals surface area contributed by atoms with Gasteiger partial charge in [0.15, 0.2) is 0 Å². The Hall–Kier alpha value is -0.0800. The van der Waals surface area contributed by atoms with E-state index in [0.29, 0.717) is 0 Å². The van der Waals surface area contributed by atoms with Gasteiger partial charge in [-0.05, 0) is 38.1 Å². The summed E-state index contributed by atoms with van der Waals surface area (Å²) in [5, 5.41) is 3.47. The molecule has 2 aliphatic rings. The molecule has 2 nitrogen and oxygen atoms in total. The second-order valence-electron chi connectivity index (χ2n) is 6.02. The van der Waals surface area contributed by atoms with Crippen LogP contribution in [0.2, 0.25) is 0 Å². The molecule has 2 fully saturated rings. The summed E-state index contributed by atoms with van der Waals surface area (Å²) in [5.74, 6) is 2.00. The second kappa shape index (κ2) is 6.02. The zero-order valence-electron chi connectivity index (χ0n) is 11.0. The van der Waals surface area contributed by atoms with Gasteiger partial charge in [-0.3, -0.25) is 4.90 Å². The van der Waals surface area contributed by atoms with Crippen LogP contribution in [0.5, 0.6) is 0 Å². The zero-order valence-corrected chi connectivity index (χ0v) is 11.0. The van der Waals surface area contributed by atoms with E-state index in [4.69, 9.17) is 0 Å². The Morgan fingerprint density at radius 1 is 1.25 bits per heavy atom. The third-order valence-corrected chi connectivity index (χ3v) is 4.51. The van der Waals surface area contributed by atoms with Gasteiger partial charge >= 0.3 is 0 Å². The van der Waals surface area contributed by atoms with Gasteiger partial charge in [-0.2, -0.15) is 0 Å². The van der Waals surface area contributed by atoms with Gasteiger partial charge in [-0.1, -0.05) is 26.2 Å². The highest BCUT2D eigenvalue weighted by Gasteiger charge is 2.22. The highest BCUT2D eigenvalue weighted by molar-refractivity contribution is 4.78. The fraction of sp³-hybridized carbons (Fsp3) is 1.00. The van der Waals surface area contributed by atoms with E-state index in [2.05, 4.69) is 24.1 Å². The zero-order chi connectivity index (χ0) is 11.4. The minimum Gasteiger partial charge on any atom is -0.314 e. The topological polar surface area (TPSA) is 15.3 Å². The fourth-order valence-corrected chi connectivity index (χ4v) is 3.39. The van der Waals surface area contributed by atoms with Crippen molar-refractivity contribution < 1.29 is 0 Å². The third kappa shape index (κ3) is 3.46. The standard InChI is InChI=1S/C14H28N2/c1-12-4-3-5-14(10-12)6-8-16-9-7-15-11-13(16)2/h12-15H,3-11H2,1-2H3/t12?,13-,14?/m0/s1. The molecule has 0 aromatic carbocycles. The molecule has 0 spiro atoms. The van der Waals surface area contributed by atoms with Crippen LogP contribution in [0.25, 0.3) is 0 Å². The van der Waals surface area contributed by atoms with Crippen LogP contribution < -0.4 is 5.32 Å². The fourth-order valence-electron chi connectivity index (χ4n) is 3.39. The van der Waals surface area contributed by atoms with E-state index in [1.807, 2.05) is 0 Å². The molecule has 1 heterocycles. The Balaban J connectivity index is 1.69. The van der Waals surface area contributed by atoms with E-state index < -0.39 is 0 Å². The van der Waals surface area contributed by atoms with Gasteiger partial charge in [0.05, 0.1) is 0 Å². The summed E-state index contributed by atoms with van der Waals surface area (Å²) in [7, 11) is 0. The minimum absolute atomic E-state index is 0.745. The number of nitrogens with zero attached hydrogens (tertiary/aromatic N) is 1. The molecule has 2 unspecified atom stereocenters. The summed E-state index contributed by atoms with van der Waals surface area (Å²) in [6.45, 7) is 9.74. The lowest BCUT2D eigenvalue weighted by molar-refractivity contribution is 0.150. The normalized spacial score (nSPS) is 37.5. The van der Waals surface area contributed by atoms with Crippen LogP contribution >= 0.6 is 0 Å². The molecule has 1 saturated carbocycles. The Labute approximate surface area is 101 Å². The van der Waals surface area contributed by atoms with Crippen LogP contribution in [-0.4, -0.2) is 37.1 Å². The van der Waals surface area contributed by atoms with Crippen molar-refractivity contribution in [2.45, 2.75) is 52.0 Å². The van der Waals surface area contributed by atoms with Crippen molar-refractivity contribution in [2.24, 2.45) is 11.8 Å². The first-order chi connectivity index (χ1) is 7.75. The summed E-state index contributed by atoms with van der Waals surface area (Å²) in [6, 6.07) is 0.745. The molecule has 0 radical (unpaired) electrons. The number of rotatable bonds is 3. The lowest BCUT2D eigenvalue weighted by Crippen LogP contribution is -2.50. The van der Waals surface area contributed by atoms with Crippen LogP contribution in [0.3, 0.4) is 0 Å². The molecule has 3 atom stereocenters.